The number of carbonyl (C=O) groups excluding carboxylic acids is 2. The van der Waals surface area contributed by atoms with E-state index in [1.54, 1.807) is 11.3 Å². The van der Waals surface area contributed by atoms with Gasteiger partial charge in [-0.3, -0.25) is 9.59 Å². The van der Waals surface area contributed by atoms with E-state index in [0.29, 0.717) is 0 Å². The lowest BCUT2D eigenvalue weighted by Gasteiger charge is -2.23. The Hall–Kier alpha value is -1.36. The molecule has 1 rings (SSSR count). The molecule has 0 bridgehead atoms. The van der Waals surface area contributed by atoms with Gasteiger partial charge in [-0.1, -0.05) is 19.9 Å². The maximum atomic E-state index is 12.1. The lowest BCUT2D eigenvalue weighted by Crippen LogP contribution is -2.49. The van der Waals surface area contributed by atoms with E-state index in [-0.39, 0.29) is 23.8 Å². The molecule has 5 heteroatoms. The Morgan fingerprint density at radius 3 is 2.33 bits per heavy atom. The fourth-order valence-corrected chi connectivity index (χ4v) is 2.40. The topological polar surface area (TPSA) is 58.2 Å². The zero-order valence-electron chi connectivity index (χ0n) is 11.2. The van der Waals surface area contributed by atoms with Gasteiger partial charge in [0.25, 0.3) is 0 Å². The van der Waals surface area contributed by atoms with Gasteiger partial charge in [-0.15, -0.1) is 11.3 Å². The molecule has 4 nitrogen and oxygen atoms in total. The third-order valence-electron chi connectivity index (χ3n) is 2.64. The van der Waals surface area contributed by atoms with Crippen molar-refractivity contribution in [1.82, 2.24) is 10.6 Å². The van der Waals surface area contributed by atoms with Crippen LogP contribution in [0.4, 0.5) is 0 Å². The predicted molar refractivity (Wildman–Crippen MR) is 73.3 cm³/mol. The van der Waals surface area contributed by atoms with Crippen LogP contribution in [0.15, 0.2) is 17.5 Å². The number of thiophene rings is 1. The third-order valence-corrected chi connectivity index (χ3v) is 3.69. The fourth-order valence-electron chi connectivity index (χ4n) is 1.67. The average Bonchev–Trinajstić information content (AvgIpc) is 2.78. The second kappa shape index (κ2) is 6.54. The summed E-state index contributed by atoms with van der Waals surface area (Å²) in [7, 11) is 0. The van der Waals surface area contributed by atoms with Crippen molar-refractivity contribution in [3.8, 4) is 0 Å². The largest absolute Gasteiger partial charge is 0.347 e. The Morgan fingerprint density at radius 2 is 1.89 bits per heavy atom. The SMILES string of the molecule is CC(=O)NC(C(=O)NC(C)c1cccs1)C(C)C. The fraction of sp³-hybridized carbons (Fsp3) is 0.538. The Kier molecular flexibility index (Phi) is 5.34. The molecular weight excluding hydrogens is 248 g/mol. The Morgan fingerprint density at radius 1 is 1.22 bits per heavy atom. The first-order valence-electron chi connectivity index (χ1n) is 6.02. The first-order chi connectivity index (χ1) is 8.41. The van der Waals surface area contributed by atoms with Crippen molar-refractivity contribution in [2.75, 3.05) is 0 Å². The van der Waals surface area contributed by atoms with E-state index in [1.807, 2.05) is 38.3 Å². The van der Waals surface area contributed by atoms with Crippen molar-refractivity contribution in [1.29, 1.82) is 0 Å². The number of nitrogens with one attached hydrogen (secondary N) is 2. The van der Waals surface area contributed by atoms with Crippen LogP contribution >= 0.6 is 11.3 Å². The molecule has 1 aromatic heterocycles. The van der Waals surface area contributed by atoms with E-state index in [4.69, 9.17) is 0 Å². The van der Waals surface area contributed by atoms with Gasteiger partial charge in [0.05, 0.1) is 6.04 Å². The van der Waals surface area contributed by atoms with Gasteiger partial charge in [-0.05, 0) is 24.3 Å². The molecule has 0 radical (unpaired) electrons. The van der Waals surface area contributed by atoms with E-state index in [9.17, 15) is 9.59 Å². The first kappa shape index (κ1) is 14.7. The lowest BCUT2D eigenvalue weighted by atomic mass is 10.0. The third kappa shape index (κ3) is 4.14. The van der Waals surface area contributed by atoms with Gasteiger partial charge in [0.1, 0.15) is 6.04 Å². The van der Waals surface area contributed by atoms with E-state index >= 15 is 0 Å². The van der Waals surface area contributed by atoms with E-state index < -0.39 is 6.04 Å². The lowest BCUT2D eigenvalue weighted by molar-refractivity contribution is -0.129. The highest BCUT2D eigenvalue weighted by Gasteiger charge is 2.24. The van der Waals surface area contributed by atoms with Crippen LogP contribution in [0.3, 0.4) is 0 Å². The highest BCUT2D eigenvalue weighted by molar-refractivity contribution is 7.10. The maximum Gasteiger partial charge on any atom is 0.243 e. The molecular formula is C13H20N2O2S. The molecule has 2 N–H and O–H groups in total. The van der Waals surface area contributed by atoms with Gasteiger partial charge < -0.3 is 10.6 Å². The summed E-state index contributed by atoms with van der Waals surface area (Å²) in [6.07, 6.45) is 0. The van der Waals surface area contributed by atoms with E-state index in [2.05, 4.69) is 10.6 Å². The Labute approximate surface area is 112 Å². The molecule has 100 valence electrons. The standard InChI is InChI=1S/C13H20N2O2S/c1-8(2)12(15-10(4)16)13(17)14-9(3)11-6-5-7-18-11/h5-9,12H,1-4H3,(H,14,17)(H,15,16). The molecule has 2 unspecified atom stereocenters. The minimum absolute atomic E-state index is 0.0347. The van der Waals surface area contributed by atoms with Crippen LogP contribution in [0.25, 0.3) is 0 Å². The van der Waals surface area contributed by atoms with Gasteiger partial charge in [-0.2, -0.15) is 0 Å². The van der Waals surface area contributed by atoms with Crippen molar-refractivity contribution in [2.45, 2.75) is 39.8 Å². The van der Waals surface area contributed by atoms with Gasteiger partial charge in [-0.25, -0.2) is 0 Å². The second-order valence-corrected chi connectivity index (χ2v) is 5.65. The highest BCUT2D eigenvalue weighted by Crippen LogP contribution is 2.18. The van der Waals surface area contributed by atoms with Crippen molar-refractivity contribution in [2.24, 2.45) is 5.92 Å². The van der Waals surface area contributed by atoms with Crippen LogP contribution in [-0.2, 0) is 9.59 Å². The van der Waals surface area contributed by atoms with Crippen LogP contribution in [0, 0.1) is 5.92 Å². The number of rotatable bonds is 5. The predicted octanol–water partition coefficient (Wildman–Crippen LogP) is 2.09. The maximum absolute atomic E-state index is 12.1. The first-order valence-corrected chi connectivity index (χ1v) is 6.90. The second-order valence-electron chi connectivity index (χ2n) is 4.67. The van der Waals surface area contributed by atoms with Crippen LogP contribution in [-0.4, -0.2) is 17.9 Å². The molecule has 18 heavy (non-hydrogen) atoms. The number of hydrogen-bond donors (Lipinski definition) is 2. The summed E-state index contributed by atoms with van der Waals surface area (Å²) < 4.78 is 0. The van der Waals surface area contributed by atoms with Gasteiger partial charge in [0.15, 0.2) is 0 Å². The zero-order valence-corrected chi connectivity index (χ0v) is 12.0. The van der Waals surface area contributed by atoms with Crippen molar-refractivity contribution in [3.63, 3.8) is 0 Å². The quantitative estimate of drug-likeness (QED) is 0.859. The molecule has 0 aliphatic rings. The monoisotopic (exact) mass is 268 g/mol. The summed E-state index contributed by atoms with van der Waals surface area (Å²) in [5.74, 6) is -0.266. The summed E-state index contributed by atoms with van der Waals surface area (Å²) in [4.78, 5) is 24.3. The molecule has 2 amide bonds. The Balaban J connectivity index is 2.64. The zero-order chi connectivity index (χ0) is 13.7. The van der Waals surface area contributed by atoms with Gasteiger partial charge in [0.2, 0.25) is 11.8 Å². The van der Waals surface area contributed by atoms with Crippen LogP contribution in [0.1, 0.15) is 38.6 Å². The minimum atomic E-state index is -0.482. The summed E-state index contributed by atoms with van der Waals surface area (Å²) in [6.45, 7) is 7.19. The number of hydrogen-bond acceptors (Lipinski definition) is 3. The molecule has 1 aromatic rings. The van der Waals surface area contributed by atoms with Crippen LogP contribution < -0.4 is 10.6 Å². The Bertz CT molecular complexity index is 401. The number of amides is 2. The average molecular weight is 268 g/mol. The summed E-state index contributed by atoms with van der Waals surface area (Å²) >= 11 is 1.60. The molecule has 0 spiro atoms. The van der Waals surface area contributed by atoms with Gasteiger partial charge in [0, 0.05) is 11.8 Å². The van der Waals surface area contributed by atoms with E-state index in [1.165, 1.54) is 6.92 Å². The summed E-state index contributed by atoms with van der Waals surface area (Å²) in [5.41, 5.74) is 0. The molecule has 2 atom stereocenters. The van der Waals surface area contributed by atoms with E-state index in [0.717, 1.165) is 4.88 Å². The number of carbonyl (C=O) groups is 2. The van der Waals surface area contributed by atoms with Crippen LogP contribution in [0.2, 0.25) is 0 Å². The van der Waals surface area contributed by atoms with Crippen molar-refractivity contribution >= 4 is 23.2 Å². The molecule has 0 fully saturated rings. The molecule has 0 aromatic carbocycles. The van der Waals surface area contributed by atoms with Crippen molar-refractivity contribution in [3.05, 3.63) is 22.4 Å². The van der Waals surface area contributed by atoms with Crippen molar-refractivity contribution < 1.29 is 9.59 Å². The summed E-state index contributed by atoms with van der Waals surface area (Å²) in [6, 6.07) is 3.42. The minimum Gasteiger partial charge on any atom is -0.347 e. The molecule has 0 saturated carbocycles. The van der Waals surface area contributed by atoms with Gasteiger partial charge >= 0.3 is 0 Å². The molecule has 0 aliphatic carbocycles. The normalized spacial score (nSPS) is 14.1. The summed E-state index contributed by atoms with van der Waals surface area (Å²) in [5, 5.41) is 7.59. The molecule has 1 heterocycles. The van der Waals surface area contributed by atoms with Crippen LogP contribution in [0.5, 0.6) is 0 Å². The molecule has 0 saturated heterocycles. The highest BCUT2D eigenvalue weighted by atomic mass is 32.1. The smallest absolute Gasteiger partial charge is 0.243 e. The molecule has 0 aliphatic heterocycles.